The van der Waals surface area contributed by atoms with Crippen molar-refractivity contribution in [2.24, 2.45) is 0 Å². The van der Waals surface area contributed by atoms with Gasteiger partial charge in [0.05, 0.1) is 5.02 Å². The number of hydrogen-bond donors (Lipinski definition) is 3. The highest BCUT2D eigenvalue weighted by Gasteiger charge is 2.16. The fourth-order valence-electron chi connectivity index (χ4n) is 1.89. The van der Waals surface area contributed by atoms with E-state index in [1.807, 2.05) is 0 Å². The lowest BCUT2D eigenvalue weighted by Gasteiger charge is -2.23. The average molecular weight is 255 g/mol. The molecule has 0 aliphatic carbocycles. The number of phenolic OH excluding ortho intramolecular Hbond substituents is 1. The first-order chi connectivity index (χ1) is 8.16. The van der Waals surface area contributed by atoms with Crippen LogP contribution in [0.15, 0.2) is 18.2 Å². The third-order valence-electron chi connectivity index (χ3n) is 2.84. The van der Waals surface area contributed by atoms with Crippen LogP contribution in [0.2, 0.25) is 5.02 Å². The highest BCUT2D eigenvalue weighted by atomic mass is 35.5. The molecule has 0 spiro atoms. The van der Waals surface area contributed by atoms with Crippen molar-refractivity contribution in [1.29, 1.82) is 0 Å². The van der Waals surface area contributed by atoms with Crippen LogP contribution in [-0.2, 0) is 0 Å². The number of nitrogens with one attached hydrogen (secondary N) is 2. The van der Waals surface area contributed by atoms with E-state index in [2.05, 4.69) is 10.6 Å². The van der Waals surface area contributed by atoms with Gasteiger partial charge in [0.2, 0.25) is 0 Å². The number of carbonyl (C=O) groups excluding carboxylic acids is 1. The van der Waals surface area contributed by atoms with Crippen LogP contribution < -0.4 is 10.6 Å². The normalized spacial score (nSPS) is 19.9. The lowest BCUT2D eigenvalue weighted by atomic mass is 10.1. The van der Waals surface area contributed by atoms with Gasteiger partial charge in [0.15, 0.2) is 0 Å². The van der Waals surface area contributed by atoms with Crippen molar-refractivity contribution in [3.8, 4) is 5.75 Å². The van der Waals surface area contributed by atoms with Gasteiger partial charge in [0.1, 0.15) is 5.75 Å². The molecule has 1 aliphatic heterocycles. The number of carbonyl (C=O) groups is 1. The summed E-state index contributed by atoms with van der Waals surface area (Å²) in [5.41, 5.74) is 0.471. The van der Waals surface area contributed by atoms with E-state index in [1.165, 1.54) is 12.1 Å². The van der Waals surface area contributed by atoms with E-state index in [-0.39, 0.29) is 22.7 Å². The molecule has 1 aliphatic rings. The predicted octanol–water partition coefficient (Wildman–Crippen LogP) is 1.53. The monoisotopic (exact) mass is 254 g/mol. The SMILES string of the molecule is O=C(N[C@H]1CCCNC1)c1ccc(O)c(Cl)c1. The zero-order valence-corrected chi connectivity index (χ0v) is 10.1. The molecular weight excluding hydrogens is 240 g/mol. The van der Waals surface area contributed by atoms with E-state index in [4.69, 9.17) is 11.6 Å². The first kappa shape index (κ1) is 12.2. The molecular formula is C12H15ClN2O2. The van der Waals surface area contributed by atoms with Gasteiger partial charge in [-0.1, -0.05) is 11.6 Å². The number of phenols is 1. The van der Waals surface area contributed by atoms with Crippen molar-refractivity contribution in [2.75, 3.05) is 13.1 Å². The van der Waals surface area contributed by atoms with Crippen LogP contribution in [0.25, 0.3) is 0 Å². The summed E-state index contributed by atoms with van der Waals surface area (Å²) >= 11 is 5.76. The molecule has 1 fully saturated rings. The first-order valence-corrected chi connectivity index (χ1v) is 6.04. The van der Waals surface area contributed by atoms with E-state index >= 15 is 0 Å². The molecule has 1 aromatic carbocycles. The van der Waals surface area contributed by atoms with E-state index in [0.29, 0.717) is 5.56 Å². The van der Waals surface area contributed by atoms with Crippen LogP contribution in [0.1, 0.15) is 23.2 Å². The van der Waals surface area contributed by atoms with Crippen molar-refractivity contribution < 1.29 is 9.90 Å². The van der Waals surface area contributed by atoms with Crippen LogP contribution in [0.3, 0.4) is 0 Å². The maximum Gasteiger partial charge on any atom is 0.251 e. The Morgan fingerprint density at radius 1 is 1.53 bits per heavy atom. The number of benzene rings is 1. The van der Waals surface area contributed by atoms with Gasteiger partial charge in [-0.2, -0.15) is 0 Å². The number of rotatable bonds is 2. The molecule has 2 rings (SSSR count). The highest BCUT2D eigenvalue weighted by molar-refractivity contribution is 6.32. The standard InChI is InChI=1S/C12H15ClN2O2/c13-10-6-8(3-4-11(10)16)12(17)15-9-2-1-5-14-7-9/h3-4,6,9,14,16H,1-2,5,7H2,(H,15,17)/t9-/m0/s1. The molecule has 1 amide bonds. The Bertz CT molecular complexity index is 417. The number of piperidine rings is 1. The molecule has 1 saturated heterocycles. The second-order valence-electron chi connectivity index (χ2n) is 4.18. The second kappa shape index (κ2) is 5.38. The van der Waals surface area contributed by atoms with Crippen LogP contribution in [0, 0.1) is 0 Å². The largest absolute Gasteiger partial charge is 0.506 e. The molecule has 0 aromatic heterocycles. The maximum absolute atomic E-state index is 11.9. The summed E-state index contributed by atoms with van der Waals surface area (Å²) in [5, 5.41) is 15.6. The molecule has 0 saturated carbocycles. The smallest absolute Gasteiger partial charge is 0.251 e. The molecule has 92 valence electrons. The van der Waals surface area contributed by atoms with Crippen LogP contribution in [0.4, 0.5) is 0 Å². The van der Waals surface area contributed by atoms with Crippen molar-refractivity contribution in [3.63, 3.8) is 0 Å². The Morgan fingerprint density at radius 3 is 3.00 bits per heavy atom. The molecule has 3 N–H and O–H groups in total. The zero-order chi connectivity index (χ0) is 12.3. The van der Waals surface area contributed by atoms with Gasteiger partial charge in [-0.15, -0.1) is 0 Å². The summed E-state index contributed by atoms with van der Waals surface area (Å²) in [6.07, 6.45) is 2.06. The van der Waals surface area contributed by atoms with E-state index in [0.717, 1.165) is 25.9 Å². The zero-order valence-electron chi connectivity index (χ0n) is 9.37. The molecule has 1 atom stereocenters. The van der Waals surface area contributed by atoms with E-state index < -0.39 is 0 Å². The molecule has 4 nitrogen and oxygen atoms in total. The van der Waals surface area contributed by atoms with Crippen molar-refractivity contribution >= 4 is 17.5 Å². The van der Waals surface area contributed by atoms with Gasteiger partial charge in [-0.3, -0.25) is 4.79 Å². The van der Waals surface area contributed by atoms with E-state index in [9.17, 15) is 9.90 Å². The number of halogens is 1. The molecule has 0 radical (unpaired) electrons. The highest BCUT2D eigenvalue weighted by Crippen LogP contribution is 2.23. The molecule has 17 heavy (non-hydrogen) atoms. The summed E-state index contributed by atoms with van der Waals surface area (Å²) < 4.78 is 0. The molecule has 0 bridgehead atoms. The Kier molecular flexibility index (Phi) is 3.86. The molecule has 5 heteroatoms. The van der Waals surface area contributed by atoms with Gasteiger partial charge >= 0.3 is 0 Å². The van der Waals surface area contributed by atoms with Crippen LogP contribution >= 0.6 is 11.6 Å². The van der Waals surface area contributed by atoms with Crippen molar-refractivity contribution in [2.45, 2.75) is 18.9 Å². The third-order valence-corrected chi connectivity index (χ3v) is 3.14. The van der Waals surface area contributed by atoms with Gasteiger partial charge in [-0.05, 0) is 37.6 Å². The minimum Gasteiger partial charge on any atom is -0.506 e. The van der Waals surface area contributed by atoms with Gasteiger partial charge < -0.3 is 15.7 Å². The minimum atomic E-state index is -0.152. The molecule has 1 aromatic rings. The van der Waals surface area contributed by atoms with E-state index in [1.54, 1.807) is 6.07 Å². The predicted molar refractivity (Wildman–Crippen MR) is 66.5 cm³/mol. The Balaban J connectivity index is 2.01. The fraction of sp³-hybridized carbons (Fsp3) is 0.417. The molecule has 1 heterocycles. The average Bonchev–Trinajstić information content (AvgIpc) is 2.34. The van der Waals surface area contributed by atoms with Crippen LogP contribution in [0.5, 0.6) is 5.75 Å². The molecule has 0 unspecified atom stereocenters. The minimum absolute atomic E-state index is 0.0115. The fourth-order valence-corrected chi connectivity index (χ4v) is 2.07. The summed E-state index contributed by atoms with van der Waals surface area (Å²) in [5.74, 6) is -0.164. The van der Waals surface area contributed by atoms with Crippen molar-refractivity contribution in [1.82, 2.24) is 10.6 Å². The third kappa shape index (κ3) is 3.11. The summed E-state index contributed by atoms with van der Waals surface area (Å²) in [4.78, 5) is 11.9. The van der Waals surface area contributed by atoms with Gasteiger partial charge in [0.25, 0.3) is 5.91 Å². The Morgan fingerprint density at radius 2 is 2.35 bits per heavy atom. The number of amides is 1. The van der Waals surface area contributed by atoms with Gasteiger partial charge in [0, 0.05) is 18.2 Å². The summed E-state index contributed by atoms with van der Waals surface area (Å²) in [6, 6.07) is 4.63. The topological polar surface area (TPSA) is 61.4 Å². The lowest BCUT2D eigenvalue weighted by molar-refractivity contribution is 0.0930. The van der Waals surface area contributed by atoms with Gasteiger partial charge in [-0.25, -0.2) is 0 Å². The number of hydrogen-bond acceptors (Lipinski definition) is 3. The lowest BCUT2D eigenvalue weighted by Crippen LogP contribution is -2.45. The Hall–Kier alpha value is -1.26. The van der Waals surface area contributed by atoms with Crippen LogP contribution in [-0.4, -0.2) is 30.1 Å². The summed E-state index contributed by atoms with van der Waals surface area (Å²) in [6.45, 7) is 1.81. The summed E-state index contributed by atoms with van der Waals surface area (Å²) in [7, 11) is 0. The number of aromatic hydroxyl groups is 1. The second-order valence-corrected chi connectivity index (χ2v) is 4.59. The maximum atomic E-state index is 11.9. The Labute approximate surface area is 105 Å². The first-order valence-electron chi connectivity index (χ1n) is 5.67. The quantitative estimate of drug-likeness (QED) is 0.750. The van der Waals surface area contributed by atoms with Crippen molar-refractivity contribution in [3.05, 3.63) is 28.8 Å².